The van der Waals surface area contributed by atoms with Crippen LogP contribution in [0.5, 0.6) is 0 Å². The van der Waals surface area contributed by atoms with Crippen LogP contribution in [0.2, 0.25) is 5.02 Å². The molecule has 0 bridgehead atoms. The number of imide groups is 1. The van der Waals surface area contributed by atoms with Gasteiger partial charge in [-0.15, -0.1) is 0 Å². The molecule has 1 heterocycles. The number of hydrogen-bond donors (Lipinski definition) is 0. The summed E-state index contributed by atoms with van der Waals surface area (Å²) in [4.78, 5) is 48.3. The highest BCUT2D eigenvalue weighted by atomic mass is 35.5. The van der Waals surface area contributed by atoms with Crippen molar-refractivity contribution in [2.75, 3.05) is 6.54 Å². The average molecular weight is 459 g/mol. The van der Waals surface area contributed by atoms with Gasteiger partial charge in [-0.3, -0.25) is 29.4 Å². The Balaban J connectivity index is 1.91. The molecule has 2 aromatic rings. The first-order valence-corrected chi connectivity index (χ1v) is 9.42. The third-order valence-electron chi connectivity index (χ3n) is 4.21. The molecule has 0 radical (unpaired) electrons. The van der Waals surface area contributed by atoms with E-state index in [4.69, 9.17) is 11.6 Å². The van der Waals surface area contributed by atoms with Crippen molar-refractivity contribution in [2.24, 2.45) is 0 Å². The van der Waals surface area contributed by atoms with E-state index in [2.05, 4.69) is 0 Å². The summed E-state index contributed by atoms with van der Waals surface area (Å²) in [7, 11) is 0. The molecule has 12 heteroatoms. The Morgan fingerprint density at radius 1 is 1.10 bits per heavy atom. The fourth-order valence-corrected chi connectivity index (χ4v) is 3.77. The number of non-ortho nitro benzene ring substituents is 1. The molecule has 0 N–H and O–H groups in total. The Kier molecular flexibility index (Phi) is 5.86. The number of hydrogen-bond acceptors (Lipinski definition) is 6. The predicted octanol–water partition coefficient (Wildman–Crippen LogP) is 4.35. The smallest absolute Gasteiger partial charge is 0.293 e. The largest absolute Gasteiger partial charge is 0.442 e. The predicted molar refractivity (Wildman–Crippen MR) is 102 cm³/mol. The number of nitro benzene ring substituents is 1. The molecule has 7 nitrogen and oxygen atoms in total. The Labute approximate surface area is 175 Å². The molecule has 0 saturated carbocycles. The minimum atomic E-state index is -4.82. The molecular weight excluding hydrogens is 449 g/mol. The standard InChI is InChI=1S/C18H10ClF3N2O5S/c19-10-3-1-9(2-4-10)15(25)14(30-18(20,21)22)8-23-16(26)12-6-5-11(24(28)29)7-13(12)17(23)27/h1-7,14H,8H2. The zero-order valence-corrected chi connectivity index (χ0v) is 16.3. The molecule has 2 aromatic carbocycles. The van der Waals surface area contributed by atoms with E-state index in [0.29, 0.717) is 4.90 Å². The molecule has 0 aliphatic carbocycles. The number of amides is 2. The summed E-state index contributed by atoms with van der Waals surface area (Å²) < 4.78 is 39.1. The van der Waals surface area contributed by atoms with Crippen molar-refractivity contribution in [3.05, 3.63) is 74.3 Å². The highest BCUT2D eigenvalue weighted by Crippen LogP contribution is 2.37. The van der Waals surface area contributed by atoms with Gasteiger partial charge >= 0.3 is 5.51 Å². The molecule has 0 aromatic heterocycles. The second-order valence-electron chi connectivity index (χ2n) is 6.13. The van der Waals surface area contributed by atoms with Crippen LogP contribution in [0.4, 0.5) is 18.9 Å². The molecule has 0 saturated heterocycles. The van der Waals surface area contributed by atoms with Crippen molar-refractivity contribution < 1.29 is 32.5 Å². The van der Waals surface area contributed by atoms with Crippen molar-refractivity contribution in [3.8, 4) is 0 Å². The molecule has 1 aliphatic rings. The van der Waals surface area contributed by atoms with Crippen molar-refractivity contribution >= 4 is 46.6 Å². The first-order chi connectivity index (χ1) is 14.0. The Morgan fingerprint density at radius 2 is 1.70 bits per heavy atom. The number of ketones is 1. The van der Waals surface area contributed by atoms with Gasteiger partial charge in [0.25, 0.3) is 17.5 Å². The molecular formula is C18H10ClF3N2O5S. The number of Topliss-reactive ketones (excluding diaryl/α,β-unsaturated/α-hetero) is 1. The van der Waals surface area contributed by atoms with Gasteiger partial charge in [-0.05, 0) is 42.1 Å². The van der Waals surface area contributed by atoms with E-state index in [0.717, 1.165) is 18.2 Å². The second kappa shape index (κ2) is 8.07. The molecule has 1 unspecified atom stereocenters. The number of carbonyl (C=O) groups excluding carboxylic acids is 3. The van der Waals surface area contributed by atoms with Gasteiger partial charge in [0, 0.05) is 29.3 Å². The minimum absolute atomic E-state index is 0.0756. The highest BCUT2D eigenvalue weighted by Gasteiger charge is 2.43. The summed E-state index contributed by atoms with van der Waals surface area (Å²) in [5.41, 5.74) is -5.82. The molecule has 3 rings (SSSR count). The normalized spacial score (nSPS) is 14.6. The Hall–Kier alpha value is -2.92. The number of rotatable bonds is 6. The number of thioether (sulfide) groups is 1. The van der Waals surface area contributed by atoms with Crippen LogP contribution in [0.25, 0.3) is 0 Å². The second-order valence-corrected chi connectivity index (χ2v) is 7.84. The van der Waals surface area contributed by atoms with Crippen LogP contribution in [-0.2, 0) is 0 Å². The SMILES string of the molecule is O=C(c1ccc(Cl)cc1)C(CN1C(=O)c2ccc([N+](=O)[O-])cc2C1=O)SC(F)(F)F. The molecule has 1 aliphatic heterocycles. The number of fused-ring (bicyclic) bond motifs is 1. The van der Waals surface area contributed by atoms with Gasteiger partial charge in [0.2, 0.25) is 0 Å². The lowest BCUT2D eigenvalue weighted by molar-refractivity contribution is -0.384. The van der Waals surface area contributed by atoms with E-state index in [9.17, 15) is 37.7 Å². The summed E-state index contributed by atoms with van der Waals surface area (Å²) in [6, 6.07) is 8.06. The molecule has 0 fully saturated rings. The number of alkyl halides is 3. The number of benzene rings is 2. The molecule has 0 spiro atoms. The first-order valence-electron chi connectivity index (χ1n) is 8.17. The van der Waals surface area contributed by atoms with Crippen molar-refractivity contribution in [3.63, 3.8) is 0 Å². The van der Waals surface area contributed by atoms with Gasteiger partial charge < -0.3 is 0 Å². The molecule has 1 atom stereocenters. The highest BCUT2D eigenvalue weighted by molar-refractivity contribution is 8.01. The van der Waals surface area contributed by atoms with Crippen molar-refractivity contribution in [2.45, 2.75) is 10.8 Å². The van der Waals surface area contributed by atoms with E-state index < -0.39 is 57.3 Å². The monoisotopic (exact) mass is 458 g/mol. The van der Waals surface area contributed by atoms with Crippen LogP contribution in [0.1, 0.15) is 31.1 Å². The fourth-order valence-electron chi connectivity index (χ4n) is 2.86. The van der Waals surface area contributed by atoms with Crippen LogP contribution in [0.15, 0.2) is 42.5 Å². The summed E-state index contributed by atoms with van der Waals surface area (Å²) in [5, 5.41) is 9.33. The van der Waals surface area contributed by atoms with Gasteiger partial charge in [0.15, 0.2) is 5.78 Å². The van der Waals surface area contributed by atoms with E-state index in [1.807, 2.05) is 0 Å². The van der Waals surface area contributed by atoms with E-state index in [1.165, 1.54) is 24.3 Å². The third kappa shape index (κ3) is 4.46. The summed E-state index contributed by atoms with van der Waals surface area (Å²) in [6.07, 6.45) is 0. The lowest BCUT2D eigenvalue weighted by atomic mass is 10.1. The minimum Gasteiger partial charge on any atom is -0.293 e. The lowest BCUT2D eigenvalue weighted by Crippen LogP contribution is -2.40. The Bertz CT molecular complexity index is 1060. The third-order valence-corrected chi connectivity index (χ3v) is 5.38. The maximum atomic E-state index is 13.0. The number of nitro groups is 1. The van der Waals surface area contributed by atoms with Crippen LogP contribution in [-0.4, -0.2) is 44.7 Å². The van der Waals surface area contributed by atoms with Gasteiger partial charge in [-0.1, -0.05) is 11.6 Å². The van der Waals surface area contributed by atoms with Crippen LogP contribution in [0.3, 0.4) is 0 Å². The average Bonchev–Trinajstić information content (AvgIpc) is 2.91. The van der Waals surface area contributed by atoms with Crippen molar-refractivity contribution in [1.29, 1.82) is 0 Å². The number of halogens is 4. The molecule has 30 heavy (non-hydrogen) atoms. The maximum absolute atomic E-state index is 13.0. The van der Waals surface area contributed by atoms with Gasteiger partial charge in [0.05, 0.1) is 21.3 Å². The maximum Gasteiger partial charge on any atom is 0.442 e. The number of carbonyl (C=O) groups is 3. The summed E-state index contributed by atoms with van der Waals surface area (Å²) >= 11 is 5.07. The zero-order chi connectivity index (χ0) is 22.2. The quantitative estimate of drug-likeness (QED) is 0.276. The topological polar surface area (TPSA) is 97.6 Å². The zero-order valence-electron chi connectivity index (χ0n) is 14.7. The Morgan fingerprint density at radius 3 is 2.27 bits per heavy atom. The van der Waals surface area contributed by atoms with Gasteiger partial charge in [0.1, 0.15) is 0 Å². The fraction of sp³-hybridized carbons (Fsp3) is 0.167. The summed E-state index contributed by atoms with van der Waals surface area (Å²) in [5.74, 6) is -2.88. The van der Waals surface area contributed by atoms with Crippen molar-refractivity contribution in [1.82, 2.24) is 4.90 Å². The van der Waals surface area contributed by atoms with Gasteiger partial charge in [-0.2, -0.15) is 13.2 Å². The van der Waals surface area contributed by atoms with Crippen LogP contribution < -0.4 is 0 Å². The lowest BCUT2D eigenvalue weighted by Gasteiger charge is -2.22. The van der Waals surface area contributed by atoms with E-state index in [-0.39, 0.29) is 21.7 Å². The molecule has 156 valence electrons. The van der Waals surface area contributed by atoms with E-state index >= 15 is 0 Å². The first kappa shape index (κ1) is 21.8. The van der Waals surface area contributed by atoms with Crippen LogP contribution >= 0.6 is 23.4 Å². The van der Waals surface area contributed by atoms with Gasteiger partial charge in [-0.25, -0.2) is 0 Å². The summed E-state index contributed by atoms with van der Waals surface area (Å²) in [6.45, 7) is -0.855. The van der Waals surface area contributed by atoms with Crippen LogP contribution in [0, 0.1) is 10.1 Å². The number of nitrogens with zero attached hydrogens (tertiary/aromatic N) is 2. The molecule has 2 amide bonds. The van der Waals surface area contributed by atoms with E-state index in [1.54, 1.807) is 0 Å².